The zero-order chi connectivity index (χ0) is 12.5. The Bertz CT molecular complexity index is 564. The number of nitrogen functional groups attached to an aromatic ring is 1. The van der Waals surface area contributed by atoms with Crippen molar-refractivity contribution in [3.05, 3.63) is 17.2 Å². The predicted molar refractivity (Wildman–Crippen MR) is 49.7 cm³/mol. The number of primary sulfonamides is 1. The molecule has 0 atom stereocenters. The smallest absolute Gasteiger partial charge is 0.265 e. The topological polar surface area (TPSA) is 123 Å². The molecule has 16 heavy (non-hydrogen) atoms. The van der Waals surface area contributed by atoms with Crippen LogP contribution in [0.3, 0.4) is 0 Å². The quantitative estimate of drug-likeness (QED) is 0.769. The van der Waals surface area contributed by atoms with E-state index in [0.29, 0.717) is 6.07 Å². The first kappa shape index (κ1) is 12.3. The lowest BCUT2D eigenvalue weighted by Gasteiger charge is -2.07. The van der Waals surface area contributed by atoms with Crippen LogP contribution in [-0.2, 0) is 10.0 Å². The molecule has 1 rings (SSSR count). The third kappa shape index (κ3) is 2.23. The SMILES string of the molecule is N#Cc1c(C(F)F)cc(S(N)(=O)=O)nc1N. The summed E-state index contributed by atoms with van der Waals surface area (Å²) >= 11 is 0. The maximum Gasteiger partial charge on any atom is 0.265 e. The van der Waals surface area contributed by atoms with Crippen molar-refractivity contribution < 1.29 is 17.2 Å². The minimum absolute atomic E-state index is 0.537. The first-order chi connectivity index (χ1) is 7.27. The molecule has 0 aliphatic rings. The summed E-state index contributed by atoms with van der Waals surface area (Å²) in [5.74, 6) is -0.593. The molecular formula is C7H6F2N4O2S. The van der Waals surface area contributed by atoms with Crippen LogP contribution in [0.5, 0.6) is 0 Å². The number of hydrogen-bond acceptors (Lipinski definition) is 5. The number of halogens is 2. The molecule has 9 heteroatoms. The Kier molecular flexibility index (Phi) is 3.06. The standard InChI is InChI=1S/C7H6F2N4O2S/c8-6(9)3-1-5(16(12,14)15)13-7(11)4(3)2-10/h1,6H,(H2,11,13)(H2,12,14,15). The molecule has 0 bridgehead atoms. The van der Waals surface area contributed by atoms with Crippen LogP contribution < -0.4 is 10.9 Å². The van der Waals surface area contributed by atoms with Crippen molar-refractivity contribution in [2.45, 2.75) is 11.5 Å². The summed E-state index contributed by atoms with van der Waals surface area (Å²) in [5.41, 5.74) is 3.82. The molecule has 1 aromatic heterocycles. The molecule has 0 unspecified atom stereocenters. The van der Waals surface area contributed by atoms with Gasteiger partial charge in [0.25, 0.3) is 16.4 Å². The minimum Gasteiger partial charge on any atom is -0.383 e. The van der Waals surface area contributed by atoms with Gasteiger partial charge in [-0.05, 0) is 6.07 Å². The van der Waals surface area contributed by atoms with Crippen LogP contribution in [0.15, 0.2) is 11.1 Å². The fourth-order valence-electron chi connectivity index (χ4n) is 1.000. The molecule has 86 valence electrons. The van der Waals surface area contributed by atoms with Crippen LogP contribution in [0.1, 0.15) is 17.6 Å². The van der Waals surface area contributed by atoms with Crippen molar-refractivity contribution >= 4 is 15.8 Å². The first-order valence-electron chi connectivity index (χ1n) is 3.79. The second-order valence-electron chi connectivity index (χ2n) is 2.77. The second kappa shape index (κ2) is 3.99. The van der Waals surface area contributed by atoms with Crippen molar-refractivity contribution in [3.8, 4) is 6.07 Å². The number of aromatic nitrogens is 1. The zero-order valence-corrected chi connectivity index (χ0v) is 8.50. The Morgan fingerprint density at radius 2 is 2.06 bits per heavy atom. The molecule has 0 aliphatic heterocycles. The molecule has 0 amide bonds. The summed E-state index contributed by atoms with van der Waals surface area (Å²) < 4.78 is 46.8. The highest BCUT2D eigenvalue weighted by Crippen LogP contribution is 2.27. The number of rotatable bonds is 2. The van der Waals surface area contributed by atoms with Gasteiger partial charge in [0.1, 0.15) is 17.5 Å². The van der Waals surface area contributed by atoms with Crippen molar-refractivity contribution in [2.24, 2.45) is 5.14 Å². The van der Waals surface area contributed by atoms with Gasteiger partial charge < -0.3 is 5.73 Å². The molecule has 0 fully saturated rings. The molecule has 1 heterocycles. The highest BCUT2D eigenvalue weighted by atomic mass is 32.2. The van der Waals surface area contributed by atoms with Gasteiger partial charge in [0.2, 0.25) is 0 Å². The van der Waals surface area contributed by atoms with E-state index in [1.54, 1.807) is 0 Å². The monoisotopic (exact) mass is 248 g/mol. The number of alkyl halides is 2. The highest BCUT2D eigenvalue weighted by Gasteiger charge is 2.21. The van der Waals surface area contributed by atoms with E-state index in [9.17, 15) is 17.2 Å². The molecule has 0 spiro atoms. The number of pyridine rings is 1. The van der Waals surface area contributed by atoms with Crippen molar-refractivity contribution in [2.75, 3.05) is 5.73 Å². The van der Waals surface area contributed by atoms with Crippen LogP contribution in [0.2, 0.25) is 0 Å². The summed E-state index contributed by atoms with van der Waals surface area (Å²) in [6.07, 6.45) is -3.04. The van der Waals surface area contributed by atoms with Gasteiger partial charge in [-0.1, -0.05) is 0 Å². The molecular weight excluding hydrogens is 242 g/mol. The van der Waals surface area contributed by atoms with E-state index >= 15 is 0 Å². The van der Waals surface area contributed by atoms with Gasteiger partial charge in [0, 0.05) is 5.56 Å². The molecule has 0 saturated carbocycles. The van der Waals surface area contributed by atoms with E-state index < -0.39 is 38.4 Å². The lowest BCUT2D eigenvalue weighted by Crippen LogP contribution is -2.16. The van der Waals surface area contributed by atoms with E-state index in [2.05, 4.69) is 4.98 Å². The number of nitrogens with zero attached hydrogens (tertiary/aromatic N) is 2. The normalized spacial score (nSPS) is 11.4. The van der Waals surface area contributed by atoms with E-state index in [1.165, 1.54) is 6.07 Å². The predicted octanol–water partition coefficient (Wildman–Crippen LogP) is 0.120. The van der Waals surface area contributed by atoms with Crippen LogP contribution >= 0.6 is 0 Å². The zero-order valence-electron chi connectivity index (χ0n) is 7.68. The molecule has 0 radical (unpaired) electrons. The van der Waals surface area contributed by atoms with E-state index in [4.69, 9.17) is 16.1 Å². The second-order valence-corrected chi connectivity index (χ2v) is 4.28. The van der Waals surface area contributed by atoms with E-state index in [1.807, 2.05) is 0 Å². The Labute approximate surface area is 89.5 Å². The van der Waals surface area contributed by atoms with Crippen LogP contribution in [0.25, 0.3) is 0 Å². The molecule has 1 aromatic rings. The summed E-state index contributed by atoms with van der Waals surface area (Å²) in [7, 11) is -4.24. The summed E-state index contributed by atoms with van der Waals surface area (Å²) in [4.78, 5) is 3.27. The average Bonchev–Trinajstić information content (AvgIpc) is 2.14. The molecule has 0 aromatic carbocycles. The molecule has 0 aliphatic carbocycles. The fourth-order valence-corrected chi connectivity index (χ4v) is 1.52. The van der Waals surface area contributed by atoms with E-state index in [-0.39, 0.29) is 0 Å². The minimum atomic E-state index is -4.24. The Balaban J connectivity index is 3.61. The van der Waals surface area contributed by atoms with Gasteiger partial charge in [0.05, 0.1) is 0 Å². The average molecular weight is 248 g/mol. The lowest BCUT2D eigenvalue weighted by atomic mass is 10.1. The number of hydrogen-bond donors (Lipinski definition) is 2. The van der Waals surface area contributed by atoms with Gasteiger partial charge in [-0.2, -0.15) is 5.26 Å². The summed E-state index contributed by atoms with van der Waals surface area (Å²) in [6, 6.07) is 1.96. The van der Waals surface area contributed by atoms with Crippen LogP contribution in [0, 0.1) is 11.3 Å². The molecule has 0 saturated heterocycles. The Morgan fingerprint density at radius 1 is 1.50 bits per heavy atom. The van der Waals surface area contributed by atoms with Gasteiger partial charge in [-0.3, -0.25) is 0 Å². The number of nitrogens with two attached hydrogens (primary N) is 2. The highest BCUT2D eigenvalue weighted by molar-refractivity contribution is 7.89. The van der Waals surface area contributed by atoms with Gasteiger partial charge in [-0.15, -0.1) is 0 Å². The maximum atomic E-state index is 12.5. The maximum absolute atomic E-state index is 12.5. The van der Waals surface area contributed by atoms with Gasteiger partial charge >= 0.3 is 0 Å². The first-order valence-corrected chi connectivity index (χ1v) is 5.33. The van der Waals surface area contributed by atoms with Crippen molar-refractivity contribution in [1.82, 2.24) is 4.98 Å². The third-order valence-electron chi connectivity index (χ3n) is 1.69. The van der Waals surface area contributed by atoms with Crippen molar-refractivity contribution in [3.63, 3.8) is 0 Å². The summed E-state index contributed by atoms with van der Waals surface area (Å²) in [6.45, 7) is 0. The molecule has 4 N–H and O–H groups in total. The van der Waals surface area contributed by atoms with Gasteiger partial charge in [0.15, 0.2) is 5.03 Å². The van der Waals surface area contributed by atoms with Crippen LogP contribution in [0.4, 0.5) is 14.6 Å². The largest absolute Gasteiger partial charge is 0.383 e. The lowest BCUT2D eigenvalue weighted by molar-refractivity contribution is 0.150. The Morgan fingerprint density at radius 3 is 2.44 bits per heavy atom. The van der Waals surface area contributed by atoms with Crippen LogP contribution in [-0.4, -0.2) is 13.4 Å². The van der Waals surface area contributed by atoms with E-state index in [0.717, 1.165) is 0 Å². The number of anilines is 1. The molecule has 6 nitrogen and oxygen atoms in total. The Hall–Kier alpha value is -1.79. The van der Waals surface area contributed by atoms with Crippen molar-refractivity contribution in [1.29, 1.82) is 5.26 Å². The number of nitriles is 1. The fraction of sp³-hybridized carbons (Fsp3) is 0.143. The van der Waals surface area contributed by atoms with Gasteiger partial charge in [-0.25, -0.2) is 27.3 Å². The number of sulfonamides is 1. The summed E-state index contributed by atoms with van der Waals surface area (Å²) in [5, 5.41) is 12.5. The third-order valence-corrected chi connectivity index (χ3v) is 2.48.